The lowest BCUT2D eigenvalue weighted by atomic mass is 9.83. The van der Waals surface area contributed by atoms with Crippen LogP contribution in [-0.2, 0) is 16.0 Å². The van der Waals surface area contributed by atoms with Gasteiger partial charge in [-0.2, -0.15) is 0 Å². The molecule has 0 aliphatic carbocycles. The summed E-state index contributed by atoms with van der Waals surface area (Å²) in [6.07, 6.45) is 5.11. The van der Waals surface area contributed by atoms with Gasteiger partial charge in [0, 0.05) is 12.2 Å². The van der Waals surface area contributed by atoms with Crippen molar-refractivity contribution in [3.05, 3.63) is 54.0 Å². The molecule has 0 aliphatic rings. The molecule has 0 fully saturated rings. The molecule has 0 spiro atoms. The third-order valence-electron chi connectivity index (χ3n) is 2.97. The molecule has 1 aromatic rings. The maximum Gasteiger partial charge on any atom is 0.120 e. The Morgan fingerprint density at radius 1 is 1.17 bits per heavy atom. The van der Waals surface area contributed by atoms with Crippen molar-refractivity contribution < 1.29 is 9.59 Å². The molecule has 18 heavy (non-hydrogen) atoms. The van der Waals surface area contributed by atoms with Crippen LogP contribution in [0, 0.1) is 11.8 Å². The van der Waals surface area contributed by atoms with Gasteiger partial charge in [0.1, 0.15) is 11.9 Å². The smallest absolute Gasteiger partial charge is 0.120 e. The Bertz CT molecular complexity index is 437. The largest absolute Gasteiger partial charge is 0.234 e. The monoisotopic (exact) mass is 241 g/mol. The molecule has 2 heteroatoms. The molecule has 1 radical (unpaired) electrons. The van der Waals surface area contributed by atoms with Crippen LogP contribution < -0.4 is 0 Å². The normalized spacial score (nSPS) is 11.4. The topological polar surface area (TPSA) is 34.1 Å². The van der Waals surface area contributed by atoms with Crippen LogP contribution in [0.5, 0.6) is 0 Å². The molecule has 0 heterocycles. The van der Waals surface area contributed by atoms with E-state index in [2.05, 4.69) is 19.1 Å². The van der Waals surface area contributed by atoms with E-state index in [0.717, 1.165) is 6.42 Å². The molecule has 0 amide bonds. The second-order valence-corrected chi connectivity index (χ2v) is 4.31. The van der Waals surface area contributed by atoms with Crippen LogP contribution in [0.1, 0.15) is 25.3 Å². The fourth-order valence-corrected chi connectivity index (χ4v) is 1.87. The predicted octanol–water partition coefficient (Wildman–Crippen LogP) is 3.00. The summed E-state index contributed by atoms with van der Waals surface area (Å²) in [6, 6.07) is 10.1. The molecule has 2 nitrogen and oxygen atoms in total. The zero-order chi connectivity index (χ0) is 13.2. The molecular formula is C16H17O2. The minimum absolute atomic E-state index is 0.260. The van der Waals surface area contributed by atoms with Gasteiger partial charge in [0.05, 0.1) is 0 Å². The highest BCUT2D eigenvalue weighted by atomic mass is 16.1. The second kappa shape index (κ2) is 8.25. The number of hydrogen-bond donors (Lipinski definition) is 0. The van der Waals surface area contributed by atoms with E-state index in [9.17, 15) is 9.59 Å². The minimum atomic E-state index is 0.260. The molecular weight excluding hydrogens is 224 g/mol. The van der Waals surface area contributed by atoms with E-state index in [-0.39, 0.29) is 5.92 Å². The summed E-state index contributed by atoms with van der Waals surface area (Å²) < 4.78 is 0. The lowest BCUT2D eigenvalue weighted by Gasteiger charge is -2.20. The number of benzene rings is 1. The number of allylic oxidation sites excluding steroid dienone is 2. The predicted molar refractivity (Wildman–Crippen MR) is 72.3 cm³/mol. The Hall–Kier alpha value is -1.88. The summed E-state index contributed by atoms with van der Waals surface area (Å²) in [6.45, 7) is 2.06. The summed E-state index contributed by atoms with van der Waals surface area (Å²) in [5.74, 6) is 5.10. The van der Waals surface area contributed by atoms with Gasteiger partial charge >= 0.3 is 0 Å². The van der Waals surface area contributed by atoms with Crippen molar-refractivity contribution in [2.24, 2.45) is 5.92 Å². The molecule has 0 saturated carbocycles. The Kier molecular flexibility index (Phi) is 6.50. The van der Waals surface area contributed by atoms with Crippen LogP contribution in [0.25, 0.3) is 0 Å². The lowest BCUT2D eigenvalue weighted by molar-refractivity contribution is 0.549. The Morgan fingerprint density at radius 3 is 2.44 bits per heavy atom. The fourth-order valence-electron chi connectivity index (χ4n) is 1.87. The molecule has 0 aromatic heterocycles. The second-order valence-electron chi connectivity index (χ2n) is 4.31. The van der Waals surface area contributed by atoms with Crippen molar-refractivity contribution >= 4 is 11.9 Å². The van der Waals surface area contributed by atoms with Gasteiger partial charge in [0.2, 0.25) is 0 Å². The molecule has 0 aliphatic heterocycles. The third kappa shape index (κ3) is 4.97. The molecule has 1 unspecified atom stereocenters. The number of rotatable bonds is 7. The standard InChI is InChI=1S/C16H17O2/c1-14(7-5-11-17)16(10-6-12-18)13-15-8-3-2-4-9-15/h2-6,8-9,14H,7,10,13H2,1H3. The van der Waals surface area contributed by atoms with Crippen LogP contribution in [0.15, 0.2) is 42.5 Å². The summed E-state index contributed by atoms with van der Waals surface area (Å²) in [5.41, 5.74) is 1.22. The van der Waals surface area contributed by atoms with Gasteiger partial charge in [-0.05, 0) is 36.7 Å². The van der Waals surface area contributed by atoms with Gasteiger partial charge in [0.15, 0.2) is 0 Å². The van der Waals surface area contributed by atoms with Crippen molar-refractivity contribution in [3.63, 3.8) is 0 Å². The summed E-state index contributed by atoms with van der Waals surface area (Å²) in [7, 11) is 0. The average molecular weight is 241 g/mol. The van der Waals surface area contributed by atoms with Gasteiger partial charge in [0.25, 0.3) is 0 Å². The first kappa shape index (κ1) is 14.2. The maximum absolute atomic E-state index is 10.3. The summed E-state index contributed by atoms with van der Waals surface area (Å²) in [5, 5.41) is 0. The first-order valence-corrected chi connectivity index (χ1v) is 6.05. The number of carbonyl (C=O) groups excluding carboxylic acids is 2. The molecule has 93 valence electrons. The van der Waals surface area contributed by atoms with E-state index < -0.39 is 0 Å². The first-order valence-electron chi connectivity index (χ1n) is 6.05. The zero-order valence-corrected chi connectivity index (χ0v) is 10.6. The fraction of sp³-hybridized carbons (Fsp3) is 0.312. The van der Waals surface area contributed by atoms with E-state index in [4.69, 9.17) is 0 Å². The SMILES string of the molecule is CC(CC=C=O)[C](CC=C=O)Cc1ccccc1. The molecule has 1 atom stereocenters. The van der Waals surface area contributed by atoms with Gasteiger partial charge < -0.3 is 0 Å². The Morgan fingerprint density at radius 2 is 1.83 bits per heavy atom. The average Bonchev–Trinajstić information content (AvgIpc) is 2.42. The van der Waals surface area contributed by atoms with Crippen LogP contribution in [0.2, 0.25) is 0 Å². The van der Waals surface area contributed by atoms with Crippen LogP contribution >= 0.6 is 0 Å². The highest BCUT2D eigenvalue weighted by Crippen LogP contribution is 2.26. The van der Waals surface area contributed by atoms with Crippen LogP contribution in [0.4, 0.5) is 0 Å². The van der Waals surface area contributed by atoms with E-state index in [0.29, 0.717) is 12.8 Å². The zero-order valence-electron chi connectivity index (χ0n) is 10.6. The van der Waals surface area contributed by atoms with Crippen LogP contribution in [0.3, 0.4) is 0 Å². The van der Waals surface area contributed by atoms with E-state index in [1.54, 1.807) is 5.94 Å². The van der Waals surface area contributed by atoms with Crippen molar-refractivity contribution in [1.29, 1.82) is 0 Å². The van der Waals surface area contributed by atoms with Gasteiger partial charge in [-0.3, -0.25) is 0 Å². The molecule has 1 rings (SSSR count). The first-order chi connectivity index (χ1) is 8.77. The van der Waals surface area contributed by atoms with E-state index in [1.807, 2.05) is 24.1 Å². The third-order valence-corrected chi connectivity index (χ3v) is 2.97. The highest BCUT2D eigenvalue weighted by molar-refractivity contribution is 5.46. The van der Waals surface area contributed by atoms with Gasteiger partial charge in [-0.1, -0.05) is 37.3 Å². The number of hydrogen-bond acceptors (Lipinski definition) is 2. The highest BCUT2D eigenvalue weighted by Gasteiger charge is 2.16. The molecule has 0 saturated heterocycles. The van der Waals surface area contributed by atoms with E-state index in [1.165, 1.54) is 23.6 Å². The van der Waals surface area contributed by atoms with Crippen LogP contribution in [-0.4, -0.2) is 11.9 Å². The van der Waals surface area contributed by atoms with Gasteiger partial charge in [-0.15, -0.1) is 0 Å². The molecule has 0 bridgehead atoms. The summed E-state index contributed by atoms with van der Waals surface area (Å²) >= 11 is 0. The van der Waals surface area contributed by atoms with Crippen molar-refractivity contribution in [1.82, 2.24) is 0 Å². The lowest BCUT2D eigenvalue weighted by Crippen LogP contribution is -2.11. The van der Waals surface area contributed by atoms with Crippen molar-refractivity contribution in [2.45, 2.75) is 26.2 Å². The van der Waals surface area contributed by atoms with Gasteiger partial charge in [-0.25, -0.2) is 9.59 Å². The van der Waals surface area contributed by atoms with Crippen molar-refractivity contribution in [3.8, 4) is 0 Å². The van der Waals surface area contributed by atoms with Crippen molar-refractivity contribution in [2.75, 3.05) is 0 Å². The maximum atomic E-state index is 10.3. The summed E-state index contributed by atoms with van der Waals surface area (Å²) in [4.78, 5) is 20.6. The Labute approximate surface area is 108 Å². The van der Waals surface area contributed by atoms with E-state index >= 15 is 0 Å². The quantitative estimate of drug-likeness (QED) is 0.688. The molecule has 0 N–H and O–H groups in total. The molecule has 1 aromatic carbocycles. The Balaban J connectivity index is 2.71. The minimum Gasteiger partial charge on any atom is -0.234 e.